The molecule has 82 valence electrons. The Labute approximate surface area is 101 Å². The van der Waals surface area contributed by atoms with Gasteiger partial charge in [-0.3, -0.25) is 4.98 Å². The minimum absolute atomic E-state index is 0. The molecular weight excluding hydrogens is 235 g/mol. The third-order valence-electron chi connectivity index (χ3n) is 1.81. The molecule has 0 amide bonds. The molecule has 15 heavy (non-hydrogen) atoms. The first-order valence-corrected chi connectivity index (χ1v) is 4.09. The van der Waals surface area contributed by atoms with Crippen LogP contribution in [0.3, 0.4) is 0 Å². The van der Waals surface area contributed by atoms with E-state index in [1.807, 2.05) is 24.3 Å². The average Bonchev–Trinajstić information content (AvgIpc) is 2.67. The molecular formula is C10H12Cl2N2O. The van der Waals surface area contributed by atoms with Crippen LogP contribution in [-0.4, -0.2) is 4.98 Å². The van der Waals surface area contributed by atoms with Crippen molar-refractivity contribution < 1.29 is 4.42 Å². The van der Waals surface area contributed by atoms with Crippen LogP contribution in [0.5, 0.6) is 0 Å². The Morgan fingerprint density at radius 1 is 1.20 bits per heavy atom. The molecule has 0 saturated heterocycles. The summed E-state index contributed by atoms with van der Waals surface area (Å²) < 4.78 is 5.45. The van der Waals surface area contributed by atoms with Crippen LogP contribution in [0, 0.1) is 0 Å². The van der Waals surface area contributed by atoms with Crippen molar-refractivity contribution in [1.82, 2.24) is 4.98 Å². The van der Waals surface area contributed by atoms with Crippen LogP contribution in [0.15, 0.2) is 41.1 Å². The number of aromatic nitrogens is 1. The van der Waals surface area contributed by atoms with E-state index >= 15 is 0 Å². The molecule has 0 atom stereocenters. The van der Waals surface area contributed by atoms with Crippen molar-refractivity contribution in [2.45, 2.75) is 6.54 Å². The summed E-state index contributed by atoms with van der Waals surface area (Å²) in [5, 5.41) is 0. The number of hydrogen-bond donors (Lipinski definition) is 1. The van der Waals surface area contributed by atoms with Gasteiger partial charge in [-0.1, -0.05) is 0 Å². The highest BCUT2D eigenvalue weighted by atomic mass is 35.5. The van der Waals surface area contributed by atoms with E-state index in [4.69, 9.17) is 10.2 Å². The van der Waals surface area contributed by atoms with Crippen molar-refractivity contribution in [2.24, 2.45) is 5.73 Å². The zero-order chi connectivity index (χ0) is 9.10. The Balaban J connectivity index is 0.000000980. The molecule has 0 saturated carbocycles. The van der Waals surface area contributed by atoms with Crippen LogP contribution in [0.4, 0.5) is 0 Å². The summed E-state index contributed by atoms with van der Waals surface area (Å²) >= 11 is 0. The highest BCUT2D eigenvalue weighted by molar-refractivity contribution is 5.85. The molecule has 0 radical (unpaired) electrons. The number of rotatable bonds is 2. The molecule has 3 nitrogen and oxygen atoms in total. The predicted molar refractivity (Wildman–Crippen MR) is 64.3 cm³/mol. The summed E-state index contributed by atoms with van der Waals surface area (Å²) in [5.41, 5.74) is 6.41. The Bertz CT molecular complexity index is 389. The van der Waals surface area contributed by atoms with Crippen LogP contribution in [0.25, 0.3) is 11.3 Å². The Morgan fingerprint density at radius 3 is 2.53 bits per heavy atom. The lowest BCUT2D eigenvalue weighted by Crippen LogP contribution is -1.92. The fraction of sp³-hybridized carbons (Fsp3) is 0.100. The lowest BCUT2D eigenvalue weighted by Gasteiger charge is -1.94. The van der Waals surface area contributed by atoms with Crippen molar-refractivity contribution in [3.63, 3.8) is 0 Å². The van der Waals surface area contributed by atoms with E-state index in [2.05, 4.69) is 4.98 Å². The molecule has 2 N–H and O–H groups in total. The van der Waals surface area contributed by atoms with E-state index in [-0.39, 0.29) is 24.8 Å². The minimum atomic E-state index is 0. The first-order valence-electron chi connectivity index (χ1n) is 4.09. The largest absolute Gasteiger partial charge is 0.460 e. The van der Waals surface area contributed by atoms with Gasteiger partial charge >= 0.3 is 0 Å². The highest BCUT2D eigenvalue weighted by Gasteiger charge is 2.02. The number of nitrogens with zero attached hydrogens (tertiary/aromatic N) is 1. The van der Waals surface area contributed by atoms with Crippen molar-refractivity contribution in [1.29, 1.82) is 0 Å². The van der Waals surface area contributed by atoms with E-state index in [1.54, 1.807) is 12.4 Å². The normalized spacial score (nSPS) is 8.87. The van der Waals surface area contributed by atoms with E-state index in [9.17, 15) is 0 Å². The monoisotopic (exact) mass is 246 g/mol. The second-order valence-electron chi connectivity index (χ2n) is 2.71. The van der Waals surface area contributed by atoms with E-state index in [1.165, 1.54) is 0 Å². The Morgan fingerprint density at radius 2 is 2.00 bits per heavy atom. The molecule has 0 spiro atoms. The Hall–Kier alpha value is -1.03. The molecule has 0 fully saturated rings. The van der Waals surface area contributed by atoms with Crippen molar-refractivity contribution >= 4 is 24.8 Å². The molecule has 0 unspecified atom stereocenters. The van der Waals surface area contributed by atoms with Gasteiger partial charge < -0.3 is 10.2 Å². The molecule has 2 rings (SSSR count). The molecule has 0 aliphatic carbocycles. The van der Waals surface area contributed by atoms with Crippen LogP contribution in [0.2, 0.25) is 0 Å². The summed E-state index contributed by atoms with van der Waals surface area (Å²) in [6, 6.07) is 7.60. The summed E-state index contributed by atoms with van der Waals surface area (Å²) in [6.07, 6.45) is 3.50. The van der Waals surface area contributed by atoms with Crippen molar-refractivity contribution in [2.75, 3.05) is 0 Å². The number of furan rings is 1. The minimum Gasteiger partial charge on any atom is -0.460 e. The van der Waals surface area contributed by atoms with Crippen LogP contribution >= 0.6 is 24.8 Å². The van der Waals surface area contributed by atoms with E-state index in [0.29, 0.717) is 6.54 Å². The van der Waals surface area contributed by atoms with Crippen LogP contribution < -0.4 is 5.73 Å². The topological polar surface area (TPSA) is 52.0 Å². The first-order chi connectivity index (χ1) is 6.40. The molecule has 2 aromatic heterocycles. The smallest absolute Gasteiger partial charge is 0.135 e. The maximum absolute atomic E-state index is 5.45. The van der Waals surface area contributed by atoms with Crippen LogP contribution in [0.1, 0.15) is 5.76 Å². The maximum Gasteiger partial charge on any atom is 0.135 e. The number of nitrogens with two attached hydrogens (primary N) is 1. The second kappa shape index (κ2) is 6.45. The third kappa shape index (κ3) is 3.23. The van der Waals surface area contributed by atoms with Crippen LogP contribution in [-0.2, 0) is 6.54 Å². The van der Waals surface area contributed by atoms with Gasteiger partial charge in [0.15, 0.2) is 0 Å². The van der Waals surface area contributed by atoms with Gasteiger partial charge in [0.1, 0.15) is 11.5 Å². The van der Waals surface area contributed by atoms with Gasteiger partial charge in [-0.15, -0.1) is 24.8 Å². The molecule has 0 aliphatic rings. The SMILES string of the molecule is Cl.Cl.NCc1ccc(-c2cccnc2)o1. The lowest BCUT2D eigenvalue weighted by atomic mass is 10.2. The molecule has 5 heteroatoms. The fourth-order valence-electron chi connectivity index (χ4n) is 1.15. The highest BCUT2D eigenvalue weighted by Crippen LogP contribution is 2.20. The van der Waals surface area contributed by atoms with Gasteiger partial charge in [-0.05, 0) is 24.3 Å². The maximum atomic E-state index is 5.45. The number of hydrogen-bond acceptors (Lipinski definition) is 3. The molecule has 0 aliphatic heterocycles. The van der Waals surface area contributed by atoms with Gasteiger partial charge in [0.2, 0.25) is 0 Å². The molecule has 2 heterocycles. The van der Waals surface area contributed by atoms with Gasteiger partial charge in [-0.25, -0.2) is 0 Å². The average molecular weight is 247 g/mol. The second-order valence-corrected chi connectivity index (χ2v) is 2.71. The number of halogens is 2. The zero-order valence-corrected chi connectivity index (χ0v) is 9.55. The van der Waals surface area contributed by atoms with E-state index in [0.717, 1.165) is 17.1 Å². The quantitative estimate of drug-likeness (QED) is 0.887. The summed E-state index contributed by atoms with van der Waals surface area (Å²) in [5.74, 6) is 1.60. The predicted octanol–water partition coefficient (Wildman–Crippen LogP) is 2.64. The first kappa shape index (κ1) is 14.0. The summed E-state index contributed by atoms with van der Waals surface area (Å²) in [6.45, 7) is 0.431. The van der Waals surface area contributed by atoms with Crippen molar-refractivity contribution in [3.8, 4) is 11.3 Å². The zero-order valence-electron chi connectivity index (χ0n) is 7.92. The van der Waals surface area contributed by atoms with Gasteiger partial charge in [0, 0.05) is 18.0 Å². The standard InChI is InChI=1S/C10H10N2O.2ClH/c11-6-9-3-4-10(13-9)8-2-1-5-12-7-8;;/h1-5,7H,6,11H2;2*1H. The number of pyridine rings is 1. The van der Waals surface area contributed by atoms with Gasteiger partial charge in [0.05, 0.1) is 6.54 Å². The van der Waals surface area contributed by atoms with E-state index < -0.39 is 0 Å². The fourth-order valence-corrected chi connectivity index (χ4v) is 1.15. The van der Waals surface area contributed by atoms with Crippen molar-refractivity contribution in [3.05, 3.63) is 42.4 Å². The third-order valence-corrected chi connectivity index (χ3v) is 1.81. The lowest BCUT2D eigenvalue weighted by molar-refractivity contribution is 0.525. The summed E-state index contributed by atoms with van der Waals surface area (Å²) in [7, 11) is 0. The molecule has 2 aromatic rings. The molecule has 0 bridgehead atoms. The van der Waals surface area contributed by atoms with Gasteiger partial charge in [0.25, 0.3) is 0 Å². The molecule has 0 aromatic carbocycles. The summed E-state index contributed by atoms with van der Waals surface area (Å²) in [4.78, 5) is 4.00. The Kier molecular flexibility index (Phi) is 6.01. The van der Waals surface area contributed by atoms with Gasteiger partial charge in [-0.2, -0.15) is 0 Å².